The summed E-state index contributed by atoms with van der Waals surface area (Å²) in [6, 6.07) is 17.4. The number of carbonyl (C=O) groups excluding carboxylic acids is 2. The fraction of sp³-hybridized carbons (Fsp3) is 0.333. The molecule has 0 unspecified atom stereocenters. The van der Waals surface area contributed by atoms with Crippen molar-refractivity contribution in [3.63, 3.8) is 0 Å². The van der Waals surface area contributed by atoms with E-state index in [4.69, 9.17) is 23.2 Å². The molecule has 0 aromatic heterocycles. The third-order valence-corrected chi connectivity index (χ3v) is 9.09. The number of amides is 2. The lowest BCUT2D eigenvalue weighted by atomic mass is 10.1. The molecule has 0 aliphatic carbocycles. The number of sulfonamides is 1. The standard InChI is InChI=1S/C30H35Cl2N3O4S/c1-5-6-18-33-30(37)23(4)34(19-24-12-14-25(31)15-13-24)29(36)20-35(28-9-7-8-27(32)22(28)3)40(38,39)26-16-10-21(2)11-17-26/h7-17,23H,5-6,18-20H2,1-4H3,(H,33,37)/t23-/m0/s1. The summed E-state index contributed by atoms with van der Waals surface area (Å²) in [4.78, 5) is 28.5. The maximum absolute atomic E-state index is 14.0. The summed E-state index contributed by atoms with van der Waals surface area (Å²) < 4.78 is 29.0. The fourth-order valence-corrected chi connectivity index (χ4v) is 5.89. The molecule has 3 aromatic rings. The van der Waals surface area contributed by atoms with E-state index in [1.54, 1.807) is 68.4 Å². The number of hydrogen-bond acceptors (Lipinski definition) is 4. The average molecular weight is 605 g/mol. The highest BCUT2D eigenvalue weighted by atomic mass is 35.5. The van der Waals surface area contributed by atoms with E-state index in [0.717, 1.165) is 28.3 Å². The Bertz CT molecular complexity index is 1430. The Morgan fingerprint density at radius 1 is 0.950 bits per heavy atom. The molecule has 0 aliphatic rings. The van der Waals surface area contributed by atoms with Crippen LogP contribution in [0.2, 0.25) is 10.0 Å². The van der Waals surface area contributed by atoms with E-state index in [9.17, 15) is 18.0 Å². The topological polar surface area (TPSA) is 86.8 Å². The van der Waals surface area contributed by atoms with Gasteiger partial charge >= 0.3 is 0 Å². The van der Waals surface area contributed by atoms with Crippen LogP contribution < -0.4 is 9.62 Å². The lowest BCUT2D eigenvalue weighted by molar-refractivity contribution is -0.139. The number of carbonyl (C=O) groups is 2. The van der Waals surface area contributed by atoms with Crippen LogP contribution in [0.4, 0.5) is 5.69 Å². The molecular weight excluding hydrogens is 569 g/mol. The number of nitrogens with one attached hydrogen (secondary N) is 1. The zero-order chi connectivity index (χ0) is 29.4. The molecule has 0 radical (unpaired) electrons. The average Bonchev–Trinajstić information content (AvgIpc) is 2.93. The number of rotatable bonds is 12. The van der Waals surface area contributed by atoms with Gasteiger partial charge in [-0.2, -0.15) is 0 Å². The van der Waals surface area contributed by atoms with E-state index < -0.39 is 28.5 Å². The molecule has 214 valence electrons. The summed E-state index contributed by atoms with van der Waals surface area (Å²) in [5.41, 5.74) is 2.45. The molecular formula is C30H35Cl2N3O4S. The maximum atomic E-state index is 14.0. The van der Waals surface area contributed by atoms with Crippen molar-refractivity contribution in [2.75, 3.05) is 17.4 Å². The molecule has 3 aromatic carbocycles. The Balaban J connectivity index is 2.04. The second kappa shape index (κ2) is 14.0. The third-order valence-electron chi connectivity index (χ3n) is 6.66. The Morgan fingerprint density at radius 2 is 1.60 bits per heavy atom. The van der Waals surface area contributed by atoms with Gasteiger partial charge in [0.15, 0.2) is 0 Å². The molecule has 0 saturated carbocycles. The summed E-state index contributed by atoms with van der Waals surface area (Å²) in [5, 5.41) is 3.78. The number of aryl methyl sites for hydroxylation is 1. The number of halogens is 2. The molecule has 1 atom stereocenters. The van der Waals surface area contributed by atoms with Gasteiger partial charge in [0.25, 0.3) is 10.0 Å². The van der Waals surface area contributed by atoms with Gasteiger partial charge in [-0.15, -0.1) is 0 Å². The summed E-state index contributed by atoms with van der Waals surface area (Å²) in [5.74, 6) is -0.856. The van der Waals surface area contributed by atoms with Crippen molar-refractivity contribution in [2.24, 2.45) is 0 Å². The van der Waals surface area contributed by atoms with Crippen molar-refractivity contribution < 1.29 is 18.0 Å². The van der Waals surface area contributed by atoms with Gasteiger partial charge in [0.05, 0.1) is 10.6 Å². The van der Waals surface area contributed by atoms with Crippen LogP contribution in [-0.2, 0) is 26.2 Å². The second-order valence-corrected chi connectivity index (χ2v) is 12.4. The first-order chi connectivity index (χ1) is 18.9. The van der Waals surface area contributed by atoms with Gasteiger partial charge in [0.2, 0.25) is 11.8 Å². The molecule has 10 heteroatoms. The smallest absolute Gasteiger partial charge is 0.264 e. The molecule has 0 aliphatic heterocycles. The Labute approximate surface area is 247 Å². The predicted molar refractivity (Wildman–Crippen MR) is 161 cm³/mol. The molecule has 3 rings (SSSR count). The van der Waals surface area contributed by atoms with Crippen LogP contribution in [0.25, 0.3) is 0 Å². The fourth-order valence-electron chi connectivity index (χ4n) is 4.12. The number of benzene rings is 3. The van der Waals surface area contributed by atoms with E-state index >= 15 is 0 Å². The summed E-state index contributed by atoms with van der Waals surface area (Å²) in [7, 11) is -4.17. The highest BCUT2D eigenvalue weighted by Gasteiger charge is 2.33. The van der Waals surface area contributed by atoms with Gasteiger partial charge in [-0.1, -0.05) is 72.4 Å². The third kappa shape index (κ3) is 7.77. The minimum atomic E-state index is -4.17. The van der Waals surface area contributed by atoms with Crippen LogP contribution in [-0.4, -0.2) is 44.3 Å². The zero-order valence-corrected chi connectivity index (χ0v) is 25.5. The van der Waals surface area contributed by atoms with Gasteiger partial charge in [0, 0.05) is 23.1 Å². The molecule has 2 amide bonds. The van der Waals surface area contributed by atoms with Crippen molar-refractivity contribution in [3.05, 3.63) is 93.5 Å². The SMILES string of the molecule is CCCCNC(=O)[C@H](C)N(Cc1ccc(Cl)cc1)C(=O)CN(c1cccc(Cl)c1C)S(=O)(=O)c1ccc(C)cc1. The summed E-state index contributed by atoms with van der Waals surface area (Å²) in [6.45, 7) is 7.27. The van der Waals surface area contributed by atoms with Gasteiger partial charge in [-0.25, -0.2) is 8.42 Å². The van der Waals surface area contributed by atoms with E-state index in [-0.39, 0.29) is 23.0 Å². The van der Waals surface area contributed by atoms with Gasteiger partial charge < -0.3 is 10.2 Å². The maximum Gasteiger partial charge on any atom is 0.264 e. The Kier molecular flexibility index (Phi) is 11.0. The van der Waals surface area contributed by atoms with Crippen LogP contribution in [0, 0.1) is 13.8 Å². The van der Waals surface area contributed by atoms with Gasteiger partial charge in [-0.3, -0.25) is 13.9 Å². The molecule has 7 nitrogen and oxygen atoms in total. The largest absolute Gasteiger partial charge is 0.354 e. The van der Waals surface area contributed by atoms with Crippen LogP contribution in [0.15, 0.2) is 71.6 Å². The molecule has 1 N–H and O–H groups in total. The number of hydrogen-bond donors (Lipinski definition) is 1. The van der Waals surface area contributed by atoms with Crippen LogP contribution in [0.3, 0.4) is 0 Å². The first-order valence-electron chi connectivity index (χ1n) is 13.1. The van der Waals surface area contributed by atoms with Crippen molar-refractivity contribution >= 4 is 50.7 Å². The van der Waals surface area contributed by atoms with Crippen LogP contribution in [0.5, 0.6) is 0 Å². The minimum absolute atomic E-state index is 0.0416. The first kappa shape index (κ1) is 31.5. The molecule has 40 heavy (non-hydrogen) atoms. The first-order valence-corrected chi connectivity index (χ1v) is 15.3. The van der Waals surface area contributed by atoms with E-state index in [2.05, 4.69) is 5.32 Å². The number of nitrogens with zero attached hydrogens (tertiary/aromatic N) is 2. The van der Waals surface area contributed by atoms with Crippen LogP contribution in [0.1, 0.15) is 43.4 Å². The van der Waals surface area contributed by atoms with Crippen molar-refractivity contribution in [3.8, 4) is 0 Å². The highest BCUT2D eigenvalue weighted by molar-refractivity contribution is 7.92. The van der Waals surface area contributed by atoms with Gasteiger partial charge in [0.1, 0.15) is 12.6 Å². The lowest BCUT2D eigenvalue weighted by Crippen LogP contribution is -2.51. The minimum Gasteiger partial charge on any atom is -0.354 e. The lowest BCUT2D eigenvalue weighted by Gasteiger charge is -2.32. The Morgan fingerprint density at radius 3 is 2.23 bits per heavy atom. The highest BCUT2D eigenvalue weighted by Crippen LogP contribution is 2.31. The van der Waals surface area contributed by atoms with Crippen molar-refractivity contribution in [2.45, 2.75) is 58.0 Å². The number of unbranched alkanes of at least 4 members (excludes halogenated alkanes) is 1. The van der Waals surface area contributed by atoms with Crippen molar-refractivity contribution in [1.82, 2.24) is 10.2 Å². The van der Waals surface area contributed by atoms with E-state index in [1.165, 1.54) is 17.0 Å². The van der Waals surface area contributed by atoms with Crippen molar-refractivity contribution in [1.29, 1.82) is 0 Å². The summed E-state index contributed by atoms with van der Waals surface area (Å²) >= 11 is 12.4. The molecule has 0 spiro atoms. The Hall–Kier alpha value is -3.07. The second-order valence-electron chi connectivity index (χ2n) is 9.68. The quantitative estimate of drug-likeness (QED) is 0.252. The van der Waals surface area contributed by atoms with Gasteiger partial charge in [-0.05, 0) is 74.7 Å². The molecule has 0 fully saturated rings. The molecule has 0 bridgehead atoms. The zero-order valence-electron chi connectivity index (χ0n) is 23.2. The summed E-state index contributed by atoms with van der Waals surface area (Å²) in [6.07, 6.45) is 1.72. The van der Waals surface area contributed by atoms with Crippen LogP contribution >= 0.6 is 23.2 Å². The predicted octanol–water partition coefficient (Wildman–Crippen LogP) is 6.14. The van der Waals surface area contributed by atoms with E-state index in [0.29, 0.717) is 22.2 Å². The van der Waals surface area contributed by atoms with E-state index in [1.807, 2.05) is 13.8 Å². The number of anilines is 1. The molecule has 0 heterocycles. The normalized spacial score (nSPS) is 12.1. The monoisotopic (exact) mass is 603 g/mol. The molecule has 0 saturated heterocycles.